The third kappa shape index (κ3) is 4.00. The molecular weight excluding hydrogens is 376 g/mol. The predicted octanol–water partition coefficient (Wildman–Crippen LogP) is 2.61. The van der Waals surface area contributed by atoms with E-state index in [-0.39, 0.29) is 5.91 Å². The van der Waals surface area contributed by atoms with Crippen molar-refractivity contribution in [3.8, 4) is 0 Å². The number of amides is 1. The monoisotopic (exact) mass is 398 g/mol. The van der Waals surface area contributed by atoms with Gasteiger partial charge >= 0.3 is 0 Å². The van der Waals surface area contributed by atoms with Crippen LogP contribution in [0.2, 0.25) is 5.02 Å². The molecule has 1 amide bonds. The Morgan fingerprint density at radius 1 is 1.29 bits per heavy atom. The lowest BCUT2D eigenvalue weighted by Gasteiger charge is -2.16. The fourth-order valence-electron chi connectivity index (χ4n) is 3.76. The fourth-order valence-corrected chi connectivity index (χ4v) is 3.96. The summed E-state index contributed by atoms with van der Waals surface area (Å²) in [7, 11) is 0. The van der Waals surface area contributed by atoms with Crippen LogP contribution in [0.15, 0.2) is 36.7 Å². The standard InChI is InChI=1S/C20H23ClN6O/c1-14(28)22-9-11-27-20-19(23-7-8-24-20)18(25-27)16-6-10-26(13-16)12-15-4-2-3-5-17(15)21/h2-5,7-8,16H,6,9-13H2,1H3,(H,22,28). The van der Waals surface area contributed by atoms with E-state index < -0.39 is 0 Å². The quantitative estimate of drug-likeness (QED) is 0.690. The van der Waals surface area contributed by atoms with Crippen LogP contribution in [0.5, 0.6) is 0 Å². The predicted molar refractivity (Wildman–Crippen MR) is 108 cm³/mol. The first-order valence-electron chi connectivity index (χ1n) is 9.49. The van der Waals surface area contributed by atoms with Crippen LogP contribution in [0.3, 0.4) is 0 Å². The number of likely N-dealkylation sites (tertiary alicyclic amines) is 1. The molecule has 7 nitrogen and oxygen atoms in total. The van der Waals surface area contributed by atoms with Crippen molar-refractivity contribution in [2.75, 3.05) is 19.6 Å². The Morgan fingerprint density at radius 3 is 2.93 bits per heavy atom. The highest BCUT2D eigenvalue weighted by Gasteiger charge is 2.29. The van der Waals surface area contributed by atoms with Crippen molar-refractivity contribution in [1.82, 2.24) is 30.0 Å². The molecule has 2 aromatic heterocycles. The lowest BCUT2D eigenvalue weighted by Crippen LogP contribution is -2.25. The molecule has 3 heterocycles. The Kier molecular flexibility index (Phi) is 5.54. The summed E-state index contributed by atoms with van der Waals surface area (Å²) in [4.78, 5) is 22.5. The van der Waals surface area contributed by atoms with Gasteiger partial charge in [0.2, 0.25) is 5.91 Å². The summed E-state index contributed by atoms with van der Waals surface area (Å²) >= 11 is 6.32. The molecule has 8 heteroatoms. The molecule has 1 fully saturated rings. The van der Waals surface area contributed by atoms with Gasteiger partial charge in [-0.25, -0.2) is 14.6 Å². The highest BCUT2D eigenvalue weighted by molar-refractivity contribution is 6.31. The molecule has 1 atom stereocenters. The SMILES string of the molecule is CC(=O)NCCn1nc(C2CCN(Cc3ccccc3Cl)C2)c2nccnc21. The number of halogens is 1. The van der Waals surface area contributed by atoms with E-state index in [1.165, 1.54) is 6.92 Å². The summed E-state index contributed by atoms with van der Waals surface area (Å²) in [5.41, 5.74) is 3.77. The van der Waals surface area contributed by atoms with Gasteiger partial charge in [-0.05, 0) is 24.6 Å². The minimum atomic E-state index is -0.0474. The molecule has 1 aromatic carbocycles. The van der Waals surface area contributed by atoms with Crippen molar-refractivity contribution in [2.24, 2.45) is 0 Å². The molecule has 4 rings (SSSR count). The van der Waals surface area contributed by atoms with E-state index in [1.54, 1.807) is 12.4 Å². The number of nitrogens with one attached hydrogen (secondary N) is 1. The Morgan fingerprint density at radius 2 is 2.11 bits per heavy atom. The van der Waals surface area contributed by atoms with E-state index in [2.05, 4.69) is 26.3 Å². The lowest BCUT2D eigenvalue weighted by molar-refractivity contribution is -0.118. The summed E-state index contributed by atoms with van der Waals surface area (Å²) in [6.07, 6.45) is 4.42. The number of carbonyl (C=O) groups is 1. The fraction of sp³-hybridized carbons (Fsp3) is 0.400. The maximum Gasteiger partial charge on any atom is 0.216 e. The van der Waals surface area contributed by atoms with Crippen molar-refractivity contribution in [1.29, 1.82) is 0 Å². The van der Waals surface area contributed by atoms with Crippen LogP contribution in [-0.2, 0) is 17.9 Å². The zero-order valence-electron chi connectivity index (χ0n) is 15.8. The number of hydrogen-bond donors (Lipinski definition) is 1. The minimum absolute atomic E-state index is 0.0474. The maximum atomic E-state index is 11.1. The van der Waals surface area contributed by atoms with Gasteiger partial charge in [-0.2, -0.15) is 5.10 Å². The number of fused-ring (bicyclic) bond motifs is 1. The van der Waals surface area contributed by atoms with Crippen LogP contribution in [-0.4, -0.2) is 50.2 Å². The summed E-state index contributed by atoms with van der Waals surface area (Å²) < 4.78 is 1.85. The number of rotatable bonds is 6. The van der Waals surface area contributed by atoms with Gasteiger partial charge < -0.3 is 5.32 Å². The van der Waals surface area contributed by atoms with Crippen LogP contribution in [0.1, 0.15) is 30.5 Å². The van der Waals surface area contributed by atoms with Gasteiger partial charge in [0, 0.05) is 49.9 Å². The molecule has 3 aromatic rings. The van der Waals surface area contributed by atoms with E-state index in [0.717, 1.165) is 53.5 Å². The molecular formula is C20H23ClN6O. The average molecular weight is 399 g/mol. The lowest BCUT2D eigenvalue weighted by atomic mass is 10.0. The molecule has 1 aliphatic heterocycles. The molecule has 0 saturated carbocycles. The zero-order valence-corrected chi connectivity index (χ0v) is 16.6. The second-order valence-electron chi connectivity index (χ2n) is 7.13. The summed E-state index contributed by atoms with van der Waals surface area (Å²) in [5, 5.41) is 8.43. The highest BCUT2D eigenvalue weighted by atomic mass is 35.5. The molecule has 1 unspecified atom stereocenters. The maximum absolute atomic E-state index is 11.1. The third-order valence-electron chi connectivity index (χ3n) is 5.10. The number of nitrogens with zero attached hydrogens (tertiary/aromatic N) is 5. The van der Waals surface area contributed by atoms with Gasteiger partial charge in [0.15, 0.2) is 5.65 Å². The van der Waals surface area contributed by atoms with Crippen molar-refractivity contribution < 1.29 is 4.79 Å². The first kappa shape index (κ1) is 18.8. The molecule has 1 saturated heterocycles. The molecule has 146 valence electrons. The van der Waals surface area contributed by atoms with Gasteiger partial charge in [-0.15, -0.1) is 0 Å². The topological polar surface area (TPSA) is 75.9 Å². The van der Waals surface area contributed by atoms with Crippen molar-refractivity contribution in [2.45, 2.75) is 32.4 Å². The van der Waals surface area contributed by atoms with Crippen molar-refractivity contribution in [3.63, 3.8) is 0 Å². The van der Waals surface area contributed by atoms with Crippen molar-refractivity contribution >= 4 is 28.7 Å². The number of carbonyl (C=O) groups excluding carboxylic acids is 1. The Labute approximate surface area is 168 Å². The molecule has 1 N–H and O–H groups in total. The van der Waals surface area contributed by atoms with Crippen LogP contribution in [0.4, 0.5) is 0 Å². The van der Waals surface area contributed by atoms with Gasteiger partial charge in [0.1, 0.15) is 5.52 Å². The first-order chi connectivity index (χ1) is 13.6. The number of hydrogen-bond acceptors (Lipinski definition) is 5. The molecule has 28 heavy (non-hydrogen) atoms. The summed E-state index contributed by atoms with van der Waals surface area (Å²) in [6, 6.07) is 7.99. The first-order valence-corrected chi connectivity index (χ1v) is 9.87. The molecule has 0 aliphatic carbocycles. The van der Waals surface area contributed by atoms with Gasteiger partial charge in [-0.1, -0.05) is 29.8 Å². The second-order valence-corrected chi connectivity index (χ2v) is 7.54. The molecule has 0 bridgehead atoms. The number of aromatic nitrogens is 4. The highest BCUT2D eigenvalue weighted by Crippen LogP contribution is 2.31. The second kappa shape index (κ2) is 8.24. The summed E-state index contributed by atoms with van der Waals surface area (Å²) in [5.74, 6) is 0.262. The number of benzene rings is 1. The van der Waals surface area contributed by atoms with E-state index in [0.29, 0.717) is 19.0 Å². The van der Waals surface area contributed by atoms with E-state index in [1.807, 2.05) is 22.9 Å². The summed E-state index contributed by atoms with van der Waals surface area (Å²) in [6.45, 7) is 5.35. The van der Waals surface area contributed by atoms with Crippen LogP contribution in [0.25, 0.3) is 11.2 Å². The third-order valence-corrected chi connectivity index (χ3v) is 5.47. The van der Waals surface area contributed by atoms with E-state index in [4.69, 9.17) is 16.7 Å². The normalized spacial score (nSPS) is 17.3. The molecule has 0 spiro atoms. The Balaban J connectivity index is 1.51. The van der Waals surface area contributed by atoms with Gasteiger partial charge in [-0.3, -0.25) is 9.69 Å². The largest absolute Gasteiger partial charge is 0.354 e. The van der Waals surface area contributed by atoms with Crippen LogP contribution >= 0.6 is 11.6 Å². The Hall–Kier alpha value is -2.51. The average Bonchev–Trinajstić information content (AvgIpc) is 3.28. The van der Waals surface area contributed by atoms with Gasteiger partial charge in [0.05, 0.1) is 12.2 Å². The zero-order chi connectivity index (χ0) is 19.5. The molecule has 1 aliphatic rings. The van der Waals surface area contributed by atoms with Gasteiger partial charge in [0.25, 0.3) is 0 Å². The minimum Gasteiger partial charge on any atom is -0.354 e. The van der Waals surface area contributed by atoms with E-state index in [9.17, 15) is 4.79 Å². The molecule has 0 radical (unpaired) electrons. The van der Waals surface area contributed by atoms with Crippen LogP contribution in [0, 0.1) is 0 Å². The Bertz CT molecular complexity index is 988. The van der Waals surface area contributed by atoms with E-state index >= 15 is 0 Å². The van der Waals surface area contributed by atoms with Crippen molar-refractivity contribution in [3.05, 3.63) is 52.9 Å². The smallest absolute Gasteiger partial charge is 0.216 e. The van der Waals surface area contributed by atoms with Crippen LogP contribution < -0.4 is 5.32 Å².